The van der Waals surface area contributed by atoms with Gasteiger partial charge < -0.3 is 59.7 Å². The lowest BCUT2D eigenvalue weighted by molar-refractivity contribution is -0.137. The summed E-state index contributed by atoms with van der Waals surface area (Å²) in [4.78, 5) is 33.0. The predicted octanol–water partition coefficient (Wildman–Crippen LogP) is 8.18. The van der Waals surface area contributed by atoms with E-state index in [2.05, 4.69) is 0 Å². The molecule has 0 aliphatic carbocycles. The van der Waals surface area contributed by atoms with Crippen LogP contribution in [-0.2, 0) is 53.3 Å². The van der Waals surface area contributed by atoms with Crippen molar-refractivity contribution in [1.82, 2.24) is 13.7 Å². The molecule has 0 saturated carbocycles. The number of carbonyl (C=O) groups is 3. The van der Waals surface area contributed by atoms with Gasteiger partial charge in [0.25, 0.3) is 0 Å². The van der Waals surface area contributed by atoms with Crippen LogP contribution in [0.3, 0.4) is 0 Å². The van der Waals surface area contributed by atoms with E-state index in [0.717, 1.165) is 38.5 Å². The molecule has 0 bridgehead atoms. The number of carboxylic acid groups (broad SMARTS) is 3. The van der Waals surface area contributed by atoms with Crippen LogP contribution in [0.1, 0.15) is 33.4 Å². The summed E-state index contributed by atoms with van der Waals surface area (Å²) in [5.74, 6) is -1.92. The Balaban J connectivity index is 0.000000147. The van der Waals surface area contributed by atoms with Crippen molar-refractivity contribution in [3.8, 4) is 34.5 Å². The Hall–Kier alpha value is -8.85. The Morgan fingerprint density at radius 3 is 1.36 bits per heavy atom. The van der Waals surface area contributed by atoms with Crippen molar-refractivity contribution in [2.45, 2.75) is 38.9 Å². The molecular formula is C51H45N3O12. The van der Waals surface area contributed by atoms with Crippen LogP contribution in [0.2, 0.25) is 0 Å². The van der Waals surface area contributed by atoms with Gasteiger partial charge in [0, 0.05) is 60.4 Å². The number of phenolic OH excluding ortho intramolecular Hbond substituents is 6. The molecule has 3 aromatic heterocycles. The molecular weight excluding hydrogens is 847 g/mol. The first kappa shape index (κ1) is 45.2. The van der Waals surface area contributed by atoms with Crippen LogP contribution in [0, 0.1) is 0 Å². The lowest BCUT2D eigenvalue weighted by Crippen LogP contribution is -2.00. The molecule has 0 aliphatic heterocycles. The molecule has 9 rings (SSSR count). The topological polar surface area (TPSA) is 248 Å². The molecule has 0 atom stereocenters. The average Bonchev–Trinajstić information content (AvgIpc) is 3.89. The third-order valence-electron chi connectivity index (χ3n) is 10.7. The molecule has 15 nitrogen and oxygen atoms in total. The zero-order valence-electron chi connectivity index (χ0n) is 35.2. The van der Waals surface area contributed by atoms with Gasteiger partial charge in [-0.2, -0.15) is 0 Å². The normalized spacial score (nSPS) is 10.9. The molecule has 0 amide bonds. The van der Waals surface area contributed by atoms with Crippen molar-refractivity contribution in [2.75, 3.05) is 0 Å². The molecule has 0 unspecified atom stereocenters. The highest BCUT2D eigenvalue weighted by Crippen LogP contribution is 2.33. The molecule has 3 heterocycles. The molecule has 0 spiro atoms. The summed E-state index contributed by atoms with van der Waals surface area (Å²) in [6, 6.07) is 35.7. The maximum absolute atomic E-state index is 11.0. The SMILES string of the molecule is O=C(O)Cc1cn(Cc2cccc(O)c2)c2c(O)cccc12.O=C(O)Cc1cn(Cc2cccc(O)c2)c2cc(O)ccc12.O=C(O)Cc1cn(Cc2cccc(O)c2)c2cccc(O)c12. The minimum absolute atomic E-state index is 0.0726. The third kappa shape index (κ3) is 10.8. The molecule has 0 radical (unpaired) electrons. The van der Waals surface area contributed by atoms with Gasteiger partial charge in [-0.15, -0.1) is 0 Å². The molecule has 9 N–H and O–H groups in total. The maximum Gasteiger partial charge on any atom is 0.307 e. The molecule has 66 heavy (non-hydrogen) atoms. The number of benzene rings is 6. The fourth-order valence-corrected chi connectivity index (χ4v) is 8.04. The van der Waals surface area contributed by atoms with Gasteiger partial charge in [0.05, 0.1) is 35.8 Å². The standard InChI is InChI=1S/3C17H15NO4/c19-13-4-1-3-11(7-13)9-18-10-12(8-16(21)22)17-14(18)5-2-6-15(17)20;19-13-4-1-3-11(7-13)9-18-10-12(8-16(21)22)14-5-2-6-15(20)17(14)18;19-13-3-1-2-11(6-13)9-18-10-12(7-17(21)22)15-5-4-14(20)8-16(15)18/h2*1-7,10,19-20H,8-9H2,(H,21,22);1-6,8,10,19-20H,7,9H2,(H,21,22). The van der Waals surface area contributed by atoms with Gasteiger partial charge in [0.2, 0.25) is 0 Å². The van der Waals surface area contributed by atoms with Crippen LogP contribution in [0.4, 0.5) is 0 Å². The Labute approximate surface area is 376 Å². The average molecular weight is 892 g/mol. The summed E-state index contributed by atoms with van der Waals surface area (Å²) in [5, 5.41) is 87.7. The molecule has 15 heteroatoms. The number of fused-ring (bicyclic) bond motifs is 3. The number of carboxylic acids is 3. The first-order chi connectivity index (χ1) is 31.6. The minimum atomic E-state index is -0.945. The van der Waals surface area contributed by atoms with Crippen molar-refractivity contribution in [1.29, 1.82) is 0 Å². The second-order valence-electron chi connectivity index (χ2n) is 15.6. The zero-order valence-corrected chi connectivity index (χ0v) is 35.2. The smallest absolute Gasteiger partial charge is 0.307 e. The van der Waals surface area contributed by atoms with E-state index in [1.807, 2.05) is 33.4 Å². The van der Waals surface area contributed by atoms with Crippen molar-refractivity contribution in [3.63, 3.8) is 0 Å². The molecule has 336 valence electrons. The van der Waals surface area contributed by atoms with Gasteiger partial charge in [-0.25, -0.2) is 0 Å². The second-order valence-corrected chi connectivity index (χ2v) is 15.6. The first-order valence-electron chi connectivity index (χ1n) is 20.5. The minimum Gasteiger partial charge on any atom is -0.508 e. The highest BCUT2D eigenvalue weighted by molar-refractivity contribution is 5.93. The summed E-state index contributed by atoms with van der Waals surface area (Å²) >= 11 is 0. The molecule has 6 aromatic carbocycles. The van der Waals surface area contributed by atoms with Gasteiger partial charge in [-0.1, -0.05) is 54.6 Å². The largest absolute Gasteiger partial charge is 0.508 e. The summed E-state index contributed by atoms with van der Waals surface area (Å²) in [5.41, 5.74) is 6.69. The van der Waals surface area contributed by atoms with E-state index < -0.39 is 17.9 Å². The number of para-hydroxylation sites is 1. The van der Waals surface area contributed by atoms with E-state index in [1.165, 1.54) is 0 Å². The van der Waals surface area contributed by atoms with Gasteiger partial charge in [-0.3, -0.25) is 14.4 Å². The van der Waals surface area contributed by atoms with Crippen molar-refractivity contribution in [3.05, 3.63) is 179 Å². The number of aliphatic carboxylic acids is 3. The van der Waals surface area contributed by atoms with Gasteiger partial charge in [0.15, 0.2) is 0 Å². The maximum atomic E-state index is 11.0. The highest BCUT2D eigenvalue weighted by atomic mass is 16.4. The lowest BCUT2D eigenvalue weighted by Gasteiger charge is -2.07. The number of nitrogens with zero attached hydrogens (tertiary/aromatic N) is 3. The van der Waals surface area contributed by atoms with Crippen LogP contribution in [0.5, 0.6) is 34.5 Å². The Morgan fingerprint density at radius 1 is 0.394 bits per heavy atom. The van der Waals surface area contributed by atoms with Crippen LogP contribution < -0.4 is 0 Å². The van der Waals surface area contributed by atoms with Crippen LogP contribution in [0.15, 0.2) is 146 Å². The van der Waals surface area contributed by atoms with E-state index in [0.29, 0.717) is 47.2 Å². The number of aromatic nitrogens is 3. The van der Waals surface area contributed by atoms with Crippen LogP contribution >= 0.6 is 0 Å². The fraction of sp³-hybridized carbons (Fsp3) is 0.118. The summed E-state index contributed by atoms with van der Waals surface area (Å²) in [6.45, 7) is 1.39. The second kappa shape index (κ2) is 19.7. The van der Waals surface area contributed by atoms with Gasteiger partial charge >= 0.3 is 17.9 Å². The monoisotopic (exact) mass is 891 g/mol. The summed E-state index contributed by atoms with van der Waals surface area (Å²) < 4.78 is 5.56. The van der Waals surface area contributed by atoms with Gasteiger partial charge in [0.1, 0.15) is 34.5 Å². The Morgan fingerprint density at radius 2 is 0.818 bits per heavy atom. The molecule has 0 fully saturated rings. The van der Waals surface area contributed by atoms with E-state index in [9.17, 15) is 45.0 Å². The highest BCUT2D eigenvalue weighted by Gasteiger charge is 2.17. The number of aromatic hydroxyl groups is 6. The lowest BCUT2D eigenvalue weighted by atomic mass is 10.1. The molecule has 9 aromatic rings. The van der Waals surface area contributed by atoms with Crippen LogP contribution in [0.25, 0.3) is 32.7 Å². The quantitative estimate of drug-likeness (QED) is 0.0564. The van der Waals surface area contributed by atoms with Gasteiger partial charge in [-0.05, 0) is 100 Å². The Bertz CT molecular complexity index is 3190. The van der Waals surface area contributed by atoms with Crippen LogP contribution in [-0.4, -0.2) is 77.6 Å². The number of hydrogen-bond acceptors (Lipinski definition) is 9. The first-order valence-corrected chi connectivity index (χ1v) is 20.5. The van der Waals surface area contributed by atoms with Crippen molar-refractivity contribution in [2.24, 2.45) is 0 Å². The summed E-state index contributed by atoms with van der Waals surface area (Å²) in [6.07, 6.45) is 4.93. The van der Waals surface area contributed by atoms with E-state index in [1.54, 1.807) is 126 Å². The van der Waals surface area contributed by atoms with E-state index >= 15 is 0 Å². The number of phenols is 6. The Kier molecular flexibility index (Phi) is 13.5. The van der Waals surface area contributed by atoms with Crippen molar-refractivity contribution < 1.29 is 60.3 Å². The zero-order chi connectivity index (χ0) is 47.1. The molecule has 0 aliphatic rings. The predicted molar refractivity (Wildman–Crippen MR) is 246 cm³/mol. The fourth-order valence-electron chi connectivity index (χ4n) is 8.04. The third-order valence-corrected chi connectivity index (χ3v) is 10.7. The van der Waals surface area contributed by atoms with E-state index in [-0.39, 0.29) is 53.8 Å². The summed E-state index contributed by atoms with van der Waals surface area (Å²) in [7, 11) is 0. The number of rotatable bonds is 12. The molecule has 0 saturated heterocycles. The van der Waals surface area contributed by atoms with E-state index in [4.69, 9.17) is 15.3 Å². The number of hydrogen-bond donors (Lipinski definition) is 9. The van der Waals surface area contributed by atoms with Crippen molar-refractivity contribution >= 4 is 50.6 Å².